The summed E-state index contributed by atoms with van der Waals surface area (Å²) >= 11 is 0. The molecule has 0 radical (unpaired) electrons. The van der Waals surface area contributed by atoms with Gasteiger partial charge in [-0.2, -0.15) is 0 Å². The van der Waals surface area contributed by atoms with Crippen molar-refractivity contribution < 1.29 is 9.59 Å². The molecular formula is C18H27N3O2. The van der Waals surface area contributed by atoms with Crippen molar-refractivity contribution in [1.82, 2.24) is 15.6 Å². The summed E-state index contributed by atoms with van der Waals surface area (Å²) in [6.07, 6.45) is 8.48. The summed E-state index contributed by atoms with van der Waals surface area (Å²) < 4.78 is 0. The number of nitrogens with zero attached hydrogens (tertiary/aromatic N) is 1. The molecule has 2 N–H and O–H groups in total. The molecule has 1 saturated carbocycles. The van der Waals surface area contributed by atoms with Gasteiger partial charge in [-0.05, 0) is 38.8 Å². The van der Waals surface area contributed by atoms with Gasteiger partial charge in [-0.25, -0.2) is 0 Å². The molecule has 1 fully saturated rings. The maximum atomic E-state index is 12.5. The molecule has 1 aliphatic rings. The van der Waals surface area contributed by atoms with Crippen molar-refractivity contribution in [2.75, 3.05) is 0 Å². The molecule has 0 atom stereocenters. The zero-order chi connectivity index (χ0) is 16.7. The molecular weight excluding hydrogens is 290 g/mol. The minimum absolute atomic E-state index is 0.192. The van der Waals surface area contributed by atoms with E-state index in [0.29, 0.717) is 6.54 Å². The van der Waals surface area contributed by atoms with Crippen LogP contribution in [0.5, 0.6) is 0 Å². The average Bonchev–Trinajstić information content (AvgIpc) is 2.82. The third-order valence-corrected chi connectivity index (χ3v) is 4.48. The van der Waals surface area contributed by atoms with E-state index >= 15 is 0 Å². The molecule has 0 unspecified atom stereocenters. The molecule has 23 heavy (non-hydrogen) atoms. The molecule has 5 nitrogen and oxygen atoms in total. The van der Waals surface area contributed by atoms with Crippen molar-refractivity contribution in [3.05, 3.63) is 30.1 Å². The number of hydrogen-bond acceptors (Lipinski definition) is 3. The van der Waals surface area contributed by atoms with Crippen LogP contribution in [0.3, 0.4) is 0 Å². The highest BCUT2D eigenvalue weighted by atomic mass is 16.2. The Morgan fingerprint density at radius 3 is 2.43 bits per heavy atom. The predicted octanol–water partition coefficient (Wildman–Crippen LogP) is 2.56. The lowest BCUT2D eigenvalue weighted by molar-refractivity contribution is -0.141. The SMILES string of the molecule is CC(C)(C(=O)NCc1ccccn1)C(=O)NC1CCCCCC1. The van der Waals surface area contributed by atoms with Crippen molar-refractivity contribution in [3.63, 3.8) is 0 Å². The normalized spacial score (nSPS) is 16.4. The van der Waals surface area contributed by atoms with E-state index in [1.54, 1.807) is 20.0 Å². The van der Waals surface area contributed by atoms with Gasteiger partial charge in [0.1, 0.15) is 5.41 Å². The van der Waals surface area contributed by atoms with Crippen LogP contribution in [-0.2, 0) is 16.1 Å². The Labute approximate surface area is 138 Å². The zero-order valence-electron chi connectivity index (χ0n) is 14.1. The van der Waals surface area contributed by atoms with Crippen molar-refractivity contribution >= 4 is 11.8 Å². The molecule has 126 valence electrons. The van der Waals surface area contributed by atoms with Crippen LogP contribution in [0.4, 0.5) is 0 Å². The Bertz CT molecular complexity index is 520. The van der Waals surface area contributed by atoms with Gasteiger partial charge >= 0.3 is 0 Å². The van der Waals surface area contributed by atoms with Crippen molar-refractivity contribution in [2.24, 2.45) is 5.41 Å². The van der Waals surface area contributed by atoms with Crippen molar-refractivity contribution in [1.29, 1.82) is 0 Å². The van der Waals surface area contributed by atoms with E-state index in [0.717, 1.165) is 31.4 Å². The highest BCUT2D eigenvalue weighted by Gasteiger charge is 2.36. The quantitative estimate of drug-likeness (QED) is 0.647. The highest BCUT2D eigenvalue weighted by Crippen LogP contribution is 2.21. The lowest BCUT2D eigenvalue weighted by atomic mass is 9.90. The number of nitrogens with one attached hydrogen (secondary N) is 2. The van der Waals surface area contributed by atoms with E-state index in [9.17, 15) is 9.59 Å². The first kappa shape index (κ1) is 17.4. The van der Waals surface area contributed by atoms with Gasteiger partial charge in [0, 0.05) is 12.2 Å². The summed E-state index contributed by atoms with van der Waals surface area (Å²) in [5, 5.41) is 5.87. The molecule has 0 bridgehead atoms. The van der Waals surface area contributed by atoms with E-state index in [1.165, 1.54) is 12.8 Å². The summed E-state index contributed by atoms with van der Waals surface area (Å²) in [5.74, 6) is -0.461. The van der Waals surface area contributed by atoms with Gasteiger partial charge in [0.2, 0.25) is 11.8 Å². The topological polar surface area (TPSA) is 71.1 Å². The van der Waals surface area contributed by atoms with Crippen molar-refractivity contribution in [2.45, 2.75) is 65.0 Å². The summed E-state index contributed by atoms with van der Waals surface area (Å²) in [5.41, 5.74) is -0.304. The first-order chi connectivity index (χ1) is 11.0. The third-order valence-electron chi connectivity index (χ3n) is 4.48. The second-order valence-corrected chi connectivity index (χ2v) is 6.79. The number of rotatable bonds is 5. The van der Waals surface area contributed by atoms with E-state index in [4.69, 9.17) is 0 Å². The maximum Gasteiger partial charge on any atom is 0.235 e. The summed E-state index contributed by atoms with van der Waals surface area (Å²) in [6.45, 7) is 3.68. The fraction of sp³-hybridized carbons (Fsp3) is 0.611. The predicted molar refractivity (Wildman–Crippen MR) is 89.5 cm³/mol. The van der Waals surface area contributed by atoms with Crippen LogP contribution >= 0.6 is 0 Å². The highest BCUT2D eigenvalue weighted by molar-refractivity contribution is 6.04. The standard InChI is InChI=1S/C18H27N3O2/c1-18(2,16(22)20-13-15-11-7-8-12-19-15)17(23)21-14-9-5-3-4-6-10-14/h7-8,11-12,14H,3-6,9-10,13H2,1-2H3,(H,20,22)(H,21,23). The van der Waals surface area contributed by atoms with Gasteiger partial charge in [0.25, 0.3) is 0 Å². The Morgan fingerprint density at radius 1 is 1.13 bits per heavy atom. The van der Waals surface area contributed by atoms with Crippen LogP contribution in [0.1, 0.15) is 58.1 Å². The Morgan fingerprint density at radius 2 is 1.83 bits per heavy atom. The summed E-state index contributed by atoms with van der Waals surface area (Å²) in [6, 6.07) is 5.75. The van der Waals surface area contributed by atoms with Crippen LogP contribution in [0.2, 0.25) is 0 Å². The van der Waals surface area contributed by atoms with Crippen LogP contribution < -0.4 is 10.6 Å². The van der Waals surface area contributed by atoms with Gasteiger partial charge in [-0.3, -0.25) is 14.6 Å². The fourth-order valence-electron chi connectivity index (χ4n) is 2.79. The zero-order valence-corrected chi connectivity index (χ0v) is 14.1. The largest absolute Gasteiger partial charge is 0.352 e. The molecule has 1 heterocycles. The number of hydrogen-bond donors (Lipinski definition) is 2. The molecule has 2 amide bonds. The minimum atomic E-state index is -1.08. The molecule has 2 rings (SSSR count). The number of carbonyl (C=O) groups is 2. The van der Waals surface area contributed by atoms with Crippen molar-refractivity contribution in [3.8, 4) is 0 Å². The van der Waals surface area contributed by atoms with Crippen LogP contribution in [0.15, 0.2) is 24.4 Å². The van der Waals surface area contributed by atoms with Gasteiger partial charge in [0.05, 0.1) is 12.2 Å². The van der Waals surface area contributed by atoms with Crippen LogP contribution in [-0.4, -0.2) is 22.8 Å². The molecule has 1 aromatic rings. The smallest absolute Gasteiger partial charge is 0.235 e. The molecule has 0 saturated heterocycles. The van der Waals surface area contributed by atoms with E-state index in [2.05, 4.69) is 15.6 Å². The molecule has 0 spiro atoms. The molecule has 0 aromatic carbocycles. The first-order valence-corrected chi connectivity index (χ1v) is 8.49. The minimum Gasteiger partial charge on any atom is -0.352 e. The fourth-order valence-corrected chi connectivity index (χ4v) is 2.79. The third kappa shape index (κ3) is 5.05. The summed E-state index contributed by atoms with van der Waals surface area (Å²) in [4.78, 5) is 29.1. The molecule has 5 heteroatoms. The Hall–Kier alpha value is -1.91. The van der Waals surface area contributed by atoms with E-state index < -0.39 is 5.41 Å². The average molecular weight is 317 g/mol. The van der Waals surface area contributed by atoms with E-state index in [1.807, 2.05) is 18.2 Å². The number of carbonyl (C=O) groups excluding carboxylic acids is 2. The lowest BCUT2D eigenvalue weighted by Gasteiger charge is -2.26. The molecule has 1 aromatic heterocycles. The van der Waals surface area contributed by atoms with Gasteiger partial charge in [0.15, 0.2) is 0 Å². The van der Waals surface area contributed by atoms with Crippen LogP contribution in [0.25, 0.3) is 0 Å². The first-order valence-electron chi connectivity index (χ1n) is 8.49. The van der Waals surface area contributed by atoms with E-state index in [-0.39, 0.29) is 17.9 Å². The summed E-state index contributed by atoms with van der Waals surface area (Å²) in [7, 11) is 0. The number of pyridine rings is 1. The Balaban J connectivity index is 1.87. The van der Waals surface area contributed by atoms with Gasteiger partial charge < -0.3 is 10.6 Å². The second-order valence-electron chi connectivity index (χ2n) is 6.79. The van der Waals surface area contributed by atoms with Gasteiger partial charge in [-0.1, -0.05) is 31.7 Å². The van der Waals surface area contributed by atoms with Gasteiger partial charge in [-0.15, -0.1) is 0 Å². The second kappa shape index (κ2) is 8.09. The maximum absolute atomic E-state index is 12.5. The monoisotopic (exact) mass is 317 g/mol. The van der Waals surface area contributed by atoms with Crippen LogP contribution in [0, 0.1) is 5.41 Å². The molecule has 0 aliphatic heterocycles. The Kier molecular flexibility index (Phi) is 6.13. The lowest BCUT2D eigenvalue weighted by Crippen LogP contribution is -2.50. The number of amides is 2. The molecule has 1 aliphatic carbocycles. The number of aromatic nitrogens is 1.